The van der Waals surface area contributed by atoms with E-state index in [-0.39, 0.29) is 5.91 Å². The Morgan fingerprint density at radius 1 is 1.10 bits per heavy atom. The number of para-hydroxylation sites is 1. The maximum Gasteiger partial charge on any atom is 0.408 e. The molecule has 0 radical (unpaired) electrons. The molecule has 0 aliphatic heterocycles. The summed E-state index contributed by atoms with van der Waals surface area (Å²) in [6.07, 6.45) is 1.56. The van der Waals surface area contributed by atoms with Crippen LogP contribution in [-0.2, 0) is 16.0 Å². The summed E-state index contributed by atoms with van der Waals surface area (Å²) in [7, 11) is 0. The Kier molecular flexibility index (Phi) is 6.27. The highest BCUT2D eigenvalue weighted by Crippen LogP contribution is 2.20. The smallest absolute Gasteiger partial charge is 0.408 e. The van der Waals surface area contributed by atoms with Crippen LogP contribution in [0.4, 0.5) is 10.5 Å². The molecule has 7 heteroatoms. The first kappa shape index (κ1) is 20.9. The van der Waals surface area contributed by atoms with Crippen LogP contribution >= 0.6 is 15.9 Å². The molecule has 0 aliphatic rings. The molecule has 1 atom stereocenters. The van der Waals surface area contributed by atoms with Gasteiger partial charge in [0.05, 0.1) is 0 Å². The van der Waals surface area contributed by atoms with Crippen LogP contribution in [0.15, 0.2) is 59.2 Å². The Hall–Kier alpha value is -2.80. The summed E-state index contributed by atoms with van der Waals surface area (Å²) in [5, 5.41) is 6.58. The number of ether oxygens (including phenoxy) is 1. The van der Waals surface area contributed by atoms with Gasteiger partial charge in [-0.05, 0) is 56.7 Å². The van der Waals surface area contributed by atoms with Crippen LogP contribution in [0, 0.1) is 0 Å². The number of hydrogen-bond acceptors (Lipinski definition) is 3. The molecule has 1 heterocycles. The SMILES string of the molecule is CC(C)(C)OC(=O)N[C@@H](Cc1c[nH]c2ccccc12)C(=O)Nc1ccc(Br)cc1. The number of halogens is 1. The summed E-state index contributed by atoms with van der Waals surface area (Å²) >= 11 is 3.37. The summed E-state index contributed by atoms with van der Waals surface area (Å²) in [6.45, 7) is 5.34. The molecule has 0 aliphatic carbocycles. The van der Waals surface area contributed by atoms with Gasteiger partial charge < -0.3 is 20.4 Å². The third kappa shape index (κ3) is 5.84. The molecular formula is C22H24BrN3O3. The standard InChI is InChI=1S/C22H24BrN3O3/c1-22(2,3)29-21(28)26-19(20(27)25-16-10-8-15(23)9-11-16)12-14-13-24-18-7-5-4-6-17(14)18/h4-11,13,19,24H,12H2,1-3H3,(H,25,27)(H,26,28)/t19-/m0/s1. The Bertz CT molecular complexity index is 1010. The van der Waals surface area contributed by atoms with E-state index < -0.39 is 17.7 Å². The molecule has 3 N–H and O–H groups in total. The Morgan fingerprint density at radius 3 is 2.48 bits per heavy atom. The van der Waals surface area contributed by atoms with Crippen LogP contribution in [0.2, 0.25) is 0 Å². The largest absolute Gasteiger partial charge is 0.444 e. The molecule has 0 unspecified atom stereocenters. The lowest BCUT2D eigenvalue weighted by Crippen LogP contribution is -2.47. The zero-order chi connectivity index (χ0) is 21.0. The van der Waals surface area contributed by atoms with Crippen molar-refractivity contribution in [3.8, 4) is 0 Å². The molecule has 0 saturated carbocycles. The number of carbonyl (C=O) groups is 2. The average Bonchev–Trinajstić information content (AvgIpc) is 3.04. The molecule has 2 amide bonds. The van der Waals surface area contributed by atoms with Crippen molar-refractivity contribution in [2.75, 3.05) is 5.32 Å². The van der Waals surface area contributed by atoms with E-state index in [1.165, 1.54) is 0 Å². The number of aromatic nitrogens is 1. The van der Waals surface area contributed by atoms with Gasteiger partial charge in [0.25, 0.3) is 0 Å². The van der Waals surface area contributed by atoms with Gasteiger partial charge in [-0.15, -0.1) is 0 Å². The van der Waals surface area contributed by atoms with Crippen molar-refractivity contribution in [2.45, 2.75) is 38.8 Å². The molecule has 2 aromatic carbocycles. The van der Waals surface area contributed by atoms with Gasteiger partial charge in [-0.2, -0.15) is 0 Å². The fourth-order valence-electron chi connectivity index (χ4n) is 2.94. The van der Waals surface area contributed by atoms with Crippen molar-refractivity contribution < 1.29 is 14.3 Å². The third-order valence-corrected chi connectivity index (χ3v) is 4.75. The molecule has 0 fully saturated rings. The van der Waals surface area contributed by atoms with Crippen LogP contribution in [0.3, 0.4) is 0 Å². The number of fused-ring (bicyclic) bond motifs is 1. The quantitative estimate of drug-likeness (QED) is 0.503. The summed E-state index contributed by atoms with van der Waals surface area (Å²) < 4.78 is 6.26. The molecule has 6 nitrogen and oxygen atoms in total. The van der Waals surface area contributed by atoms with Crippen molar-refractivity contribution in [2.24, 2.45) is 0 Å². The minimum absolute atomic E-state index is 0.316. The first-order chi connectivity index (χ1) is 13.7. The zero-order valence-electron chi connectivity index (χ0n) is 16.6. The van der Waals surface area contributed by atoms with Crippen LogP contribution in [-0.4, -0.2) is 28.6 Å². The molecule has 29 heavy (non-hydrogen) atoms. The van der Waals surface area contributed by atoms with Crippen LogP contribution in [0.5, 0.6) is 0 Å². The highest BCUT2D eigenvalue weighted by Gasteiger charge is 2.25. The number of alkyl carbamates (subject to hydrolysis) is 1. The van der Waals surface area contributed by atoms with Crippen LogP contribution < -0.4 is 10.6 Å². The highest BCUT2D eigenvalue weighted by atomic mass is 79.9. The fourth-order valence-corrected chi connectivity index (χ4v) is 3.21. The molecule has 0 saturated heterocycles. The first-order valence-corrected chi connectivity index (χ1v) is 10.1. The van der Waals surface area contributed by atoms with Crippen molar-refractivity contribution in [3.05, 3.63) is 64.8 Å². The molecule has 0 spiro atoms. The highest BCUT2D eigenvalue weighted by molar-refractivity contribution is 9.10. The maximum absolute atomic E-state index is 13.0. The Balaban J connectivity index is 1.81. The monoisotopic (exact) mass is 457 g/mol. The van der Waals surface area contributed by atoms with Crippen molar-refractivity contribution in [3.63, 3.8) is 0 Å². The van der Waals surface area contributed by atoms with Gasteiger partial charge in [0.15, 0.2) is 0 Å². The lowest BCUT2D eigenvalue weighted by molar-refractivity contribution is -0.118. The van der Waals surface area contributed by atoms with E-state index in [1.54, 1.807) is 32.9 Å². The van der Waals surface area contributed by atoms with Gasteiger partial charge in [0.2, 0.25) is 5.91 Å². The third-order valence-electron chi connectivity index (χ3n) is 4.22. The van der Waals surface area contributed by atoms with Gasteiger partial charge in [-0.3, -0.25) is 4.79 Å². The number of carbonyl (C=O) groups excluding carboxylic acids is 2. The second-order valence-electron chi connectivity index (χ2n) is 7.76. The number of anilines is 1. The molecule has 0 bridgehead atoms. The second kappa shape index (κ2) is 8.69. The van der Waals surface area contributed by atoms with Gasteiger partial charge in [-0.25, -0.2) is 4.79 Å². The number of aromatic amines is 1. The second-order valence-corrected chi connectivity index (χ2v) is 8.67. The van der Waals surface area contributed by atoms with E-state index in [9.17, 15) is 9.59 Å². The Morgan fingerprint density at radius 2 is 1.79 bits per heavy atom. The number of H-pyrrole nitrogens is 1. The topological polar surface area (TPSA) is 83.2 Å². The van der Waals surface area contributed by atoms with E-state index >= 15 is 0 Å². The molecule has 3 aromatic rings. The van der Waals surface area contributed by atoms with E-state index in [1.807, 2.05) is 42.6 Å². The van der Waals surface area contributed by atoms with Crippen LogP contribution in [0.1, 0.15) is 26.3 Å². The van der Waals surface area contributed by atoms with E-state index in [4.69, 9.17) is 4.74 Å². The molecular weight excluding hydrogens is 434 g/mol. The van der Waals surface area contributed by atoms with E-state index in [0.29, 0.717) is 12.1 Å². The summed E-state index contributed by atoms with van der Waals surface area (Å²) in [6, 6.07) is 14.3. The van der Waals surface area contributed by atoms with E-state index in [0.717, 1.165) is 20.9 Å². The van der Waals surface area contributed by atoms with Gasteiger partial charge in [0, 0.05) is 33.7 Å². The van der Waals surface area contributed by atoms with E-state index in [2.05, 4.69) is 31.5 Å². The summed E-state index contributed by atoms with van der Waals surface area (Å²) in [5.41, 5.74) is 1.91. The normalized spacial score (nSPS) is 12.4. The predicted octanol–water partition coefficient (Wildman–Crippen LogP) is 5.00. The van der Waals surface area contributed by atoms with Gasteiger partial charge >= 0.3 is 6.09 Å². The lowest BCUT2D eigenvalue weighted by Gasteiger charge is -2.23. The molecule has 152 valence electrons. The number of amides is 2. The minimum Gasteiger partial charge on any atom is -0.444 e. The molecule has 3 rings (SSSR count). The molecule has 1 aromatic heterocycles. The summed E-state index contributed by atoms with van der Waals surface area (Å²) in [5.74, 6) is -0.316. The van der Waals surface area contributed by atoms with Gasteiger partial charge in [-0.1, -0.05) is 34.1 Å². The lowest BCUT2D eigenvalue weighted by atomic mass is 10.0. The minimum atomic E-state index is -0.798. The zero-order valence-corrected chi connectivity index (χ0v) is 18.2. The number of rotatable bonds is 5. The van der Waals surface area contributed by atoms with Crippen molar-refractivity contribution in [1.29, 1.82) is 0 Å². The first-order valence-electron chi connectivity index (χ1n) is 9.32. The number of hydrogen-bond donors (Lipinski definition) is 3. The number of benzene rings is 2. The Labute approximate surface area is 178 Å². The fraction of sp³-hybridized carbons (Fsp3) is 0.273. The van der Waals surface area contributed by atoms with Gasteiger partial charge in [0.1, 0.15) is 11.6 Å². The number of nitrogens with one attached hydrogen (secondary N) is 3. The van der Waals surface area contributed by atoms with Crippen molar-refractivity contribution >= 4 is 44.5 Å². The summed E-state index contributed by atoms with van der Waals surface area (Å²) in [4.78, 5) is 28.5. The van der Waals surface area contributed by atoms with Crippen LogP contribution in [0.25, 0.3) is 10.9 Å². The van der Waals surface area contributed by atoms with Crippen molar-refractivity contribution in [1.82, 2.24) is 10.3 Å². The predicted molar refractivity (Wildman–Crippen MR) is 118 cm³/mol. The average molecular weight is 458 g/mol. The maximum atomic E-state index is 13.0.